The van der Waals surface area contributed by atoms with Crippen molar-refractivity contribution in [2.75, 3.05) is 11.4 Å². The molecule has 0 fully saturated rings. The molecule has 2 aromatic carbocycles. The van der Waals surface area contributed by atoms with Crippen molar-refractivity contribution in [3.05, 3.63) is 65.0 Å². The molecule has 2 nitrogen and oxygen atoms in total. The Bertz CT molecular complexity index is 807. The van der Waals surface area contributed by atoms with Crippen LogP contribution < -0.4 is 4.90 Å². The van der Waals surface area contributed by atoms with E-state index < -0.39 is 0 Å². The summed E-state index contributed by atoms with van der Waals surface area (Å²) in [5, 5.41) is 1.23. The van der Waals surface area contributed by atoms with E-state index >= 15 is 0 Å². The van der Waals surface area contributed by atoms with Crippen LogP contribution in [0.1, 0.15) is 35.5 Å². The molecule has 1 heterocycles. The van der Waals surface area contributed by atoms with Crippen LogP contribution >= 0.6 is 11.3 Å². The summed E-state index contributed by atoms with van der Waals surface area (Å²) in [5.41, 5.74) is 2.16. The zero-order chi connectivity index (χ0) is 16.2. The van der Waals surface area contributed by atoms with Crippen LogP contribution in [-0.2, 0) is 6.42 Å². The number of hydrogen-bond acceptors (Lipinski definition) is 2. The van der Waals surface area contributed by atoms with E-state index in [9.17, 15) is 4.79 Å². The second kappa shape index (κ2) is 6.97. The second-order valence-electron chi connectivity index (χ2n) is 5.54. The first-order valence-corrected chi connectivity index (χ1v) is 8.95. The predicted molar refractivity (Wildman–Crippen MR) is 99.6 cm³/mol. The zero-order valence-electron chi connectivity index (χ0n) is 13.6. The van der Waals surface area contributed by atoms with Gasteiger partial charge in [-0.1, -0.05) is 49.7 Å². The molecule has 1 aromatic heterocycles. The van der Waals surface area contributed by atoms with Gasteiger partial charge >= 0.3 is 0 Å². The maximum absolute atomic E-state index is 13.2. The Hall–Kier alpha value is -2.13. The minimum absolute atomic E-state index is 0.114. The molecule has 0 aliphatic carbocycles. The Balaban J connectivity index is 2.07. The van der Waals surface area contributed by atoms with Crippen molar-refractivity contribution in [1.82, 2.24) is 0 Å². The van der Waals surface area contributed by atoms with E-state index in [2.05, 4.69) is 25.1 Å². The van der Waals surface area contributed by atoms with E-state index in [1.807, 2.05) is 48.2 Å². The summed E-state index contributed by atoms with van der Waals surface area (Å²) in [6, 6.07) is 18.2. The van der Waals surface area contributed by atoms with E-state index in [-0.39, 0.29) is 5.91 Å². The normalized spacial score (nSPS) is 10.9. The van der Waals surface area contributed by atoms with Crippen molar-refractivity contribution in [2.24, 2.45) is 0 Å². The van der Waals surface area contributed by atoms with Crippen molar-refractivity contribution in [3.63, 3.8) is 0 Å². The highest BCUT2D eigenvalue weighted by atomic mass is 32.1. The number of nitrogens with zero attached hydrogens (tertiary/aromatic N) is 1. The monoisotopic (exact) mass is 323 g/mol. The fourth-order valence-electron chi connectivity index (χ4n) is 2.94. The molecular weight excluding hydrogens is 302 g/mol. The fourth-order valence-corrected chi connectivity index (χ4v) is 4.14. The molecule has 3 heteroatoms. The number of rotatable bonds is 5. The number of anilines is 1. The lowest BCUT2D eigenvalue weighted by molar-refractivity contribution is 0.0991. The van der Waals surface area contributed by atoms with Gasteiger partial charge in [-0.25, -0.2) is 0 Å². The molecule has 3 aromatic rings. The van der Waals surface area contributed by atoms with Gasteiger partial charge in [-0.15, -0.1) is 11.3 Å². The second-order valence-corrected chi connectivity index (χ2v) is 6.59. The first-order valence-electron chi connectivity index (χ1n) is 8.13. The van der Waals surface area contributed by atoms with Crippen LogP contribution in [0.2, 0.25) is 0 Å². The topological polar surface area (TPSA) is 20.3 Å². The molecule has 0 unspecified atom stereocenters. The van der Waals surface area contributed by atoms with Gasteiger partial charge in [-0.3, -0.25) is 4.79 Å². The average Bonchev–Trinajstić information content (AvgIpc) is 2.96. The summed E-state index contributed by atoms with van der Waals surface area (Å²) in [7, 11) is 0. The molecule has 0 radical (unpaired) electrons. The Morgan fingerprint density at radius 3 is 2.39 bits per heavy atom. The summed E-state index contributed by atoms with van der Waals surface area (Å²) < 4.78 is 1.20. The Morgan fingerprint density at radius 1 is 1.00 bits per heavy atom. The minimum atomic E-state index is 0.114. The molecule has 0 bridgehead atoms. The Kier molecular flexibility index (Phi) is 4.77. The van der Waals surface area contributed by atoms with Crippen molar-refractivity contribution in [3.8, 4) is 0 Å². The van der Waals surface area contributed by atoms with Gasteiger partial charge in [-0.05, 0) is 42.5 Å². The molecule has 0 spiro atoms. The highest BCUT2D eigenvalue weighted by Crippen LogP contribution is 2.34. The number of fused-ring (bicyclic) bond motifs is 1. The van der Waals surface area contributed by atoms with Gasteiger partial charge in [-0.2, -0.15) is 0 Å². The standard InChI is InChI=1S/C20H21NOS/c1-3-10-17-16-13-8-9-14-18(16)23-19(17)20(22)21(4-2)15-11-6-5-7-12-15/h5-9,11-14H,3-4,10H2,1-2H3. The van der Waals surface area contributed by atoms with Crippen LogP contribution in [0.25, 0.3) is 10.1 Å². The molecule has 0 saturated heterocycles. The molecular formula is C20H21NOS. The number of carbonyl (C=O) groups is 1. The summed E-state index contributed by atoms with van der Waals surface area (Å²) in [5.74, 6) is 0.114. The zero-order valence-corrected chi connectivity index (χ0v) is 14.4. The van der Waals surface area contributed by atoms with Gasteiger partial charge in [0.2, 0.25) is 0 Å². The summed E-state index contributed by atoms with van der Waals surface area (Å²) >= 11 is 1.62. The SMILES string of the molecule is CCCc1c(C(=O)N(CC)c2ccccc2)sc2ccccc12. The number of para-hydroxylation sites is 1. The van der Waals surface area contributed by atoms with E-state index in [0.29, 0.717) is 6.54 Å². The van der Waals surface area contributed by atoms with Crippen LogP contribution in [0, 0.1) is 0 Å². The van der Waals surface area contributed by atoms with Crippen LogP contribution in [0.5, 0.6) is 0 Å². The van der Waals surface area contributed by atoms with E-state index in [1.165, 1.54) is 15.6 Å². The number of benzene rings is 2. The van der Waals surface area contributed by atoms with Crippen molar-refractivity contribution in [2.45, 2.75) is 26.7 Å². The maximum Gasteiger partial charge on any atom is 0.268 e. The maximum atomic E-state index is 13.2. The lowest BCUT2D eigenvalue weighted by atomic mass is 10.1. The number of amides is 1. The largest absolute Gasteiger partial charge is 0.308 e. The number of carbonyl (C=O) groups excluding carboxylic acids is 1. The van der Waals surface area contributed by atoms with Crippen molar-refractivity contribution < 1.29 is 4.79 Å². The highest BCUT2D eigenvalue weighted by Gasteiger charge is 2.22. The van der Waals surface area contributed by atoms with Gasteiger partial charge in [0, 0.05) is 16.9 Å². The van der Waals surface area contributed by atoms with Gasteiger partial charge in [0.1, 0.15) is 0 Å². The minimum Gasteiger partial charge on any atom is -0.308 e. The molecule has 0 atom stereocenters. The molecule has 0 N–H and O–H groups in total. The third-order valence-electron chi connectivity index (χ3n) is 4.02. The molecule has 118 valence electrons. The van der Waals surface area contributed by atoms with Gasteiger partial charge in [0.05, 0.1) is 4.88 Å². The number of aryl methyl sites for hydroxylation is 1. The first-order chi connectivity index (χ1) is 11.3. The average molecular weight is 323 g/mol. The number of hydrogen-bond donors (Lipinski definition) is 0. The van der Waals surface area contributed by atoms with Crippen molar-refractivity contribution >= 4 is 33.0 Å². The number of thiophene rings is 1. The van der Waals surface area contributed by atoms with Gasteiger partial charge in [0.15, 0.2) is 0 Å². The Morgan fingerprint density at radius 2 is 1.70 bits per heavy atom. The lowest BCUT2D eigenvalue weighted by Gasteiger charge is -2.21. The molecule has 0 saturated carbocycles. The quantitative estimate of drug-likeness (QED) is 0.605. The molecule has 1 amide bonds. The van der Waals surface area contributed by atoms with Crippen LogP contribution in [0.15, 0.2) is 54.6 Å². The summed E-state index contributed by atoms with van der Waals surface area (Å²) in [6.07, 6.45) is 1.98. The highest BCUT2D eigenvalue weighted by molar-refractivity contribution is 7.21. The summed E-state index contributed by atoms with van der Waals surface area (Å²) in [6.45, 7) is 4.86. The van der Waals surface area contributed by atoms with Crippen LogP contribution in [-0.4, -0.2) is 12.5 Å². The van der Waals surface area contributed by atoms with Crippen molar-refractivity contribution in [1.29, 1.82) is 0 Å². The van der Waals surface area contributed by atoms with Crippen LogP contribution in [0.3, 0.4) is 0 Å². The molecule has 3 rings (SSSR count). The third kappa shape index (κ3) is 3.02. The lowest BCUT2D eigenvalue weighted by Crippen LogP contribution is -2.30. The Labute approximate surface area is 141 Å². The van der Waals surface area contributed by atoms with E-state index in [4.69, 9.17) is 0 Å². The third-order valence-corrected chi connectivity index (χ3v) is 5.22. The summed E-state index contributed by atoms with van der Waals surface area (Å²) in [4.78, 5) is 15.9. The molecule has 0 aliphatic heterocycles. The van der Waals surface area contributed by atoms with Crippen LogP contribution in [0.4, 0.5) is 5.69 Å². The smallest absolute Gasteiger partial charge is 0.268 e. The van der Waals surface area contributed by atoms with Gasteiger partial charge in [0.25, 0.3) is 5.91 Å². The first kappa shape index (κ1) is 15.8. The molecule has 0 aliphatic rings. The fraction of sp³-hybridized carbons (Fsp3) is 0.250. The molecule has 23 heavy (non-hydrogen) atoms. The van der Waals surface area contributed by atoms with E-state index in [1.54, 1.807) is 11.3 Å². The van der Waals surface area contributed by atoms with Gasteiger partial charge < -0.3 is 4.90 Å². The predicted octanol–water partition coefficient (Wildman–Crippen LogP) is 5.52. The van der Waals surface area contributed by atoms with E-state index in [0.717, 1.165) is 23.4 Å².